The largest absolute Gasteiger partial charge is 0.342 e. The summed E-state index contributed by atoms with van der Waals surface area (Å²) in [5.74, 6) is 2.29. The molecular weight excluding hydrogens is 300 g/mol. The van der Waals surface area contributed by atoms with Gasteiger partial charge in [-0.3, -0.25) is 9.48 Å². The number of aromatic nitrogens is 2. The van der Waals surface area contributed by atoms with Gasteiger partial charge in [-0.1, -0.05) is 6.42 Å². The van der Waals surface area contributed by atoms with Gasteiger partial charge in [0.15, 0.2) is 0 Å². The standard InChI is InChI=1S/C16H24N4O.ClH/c1-19-8-13(5-18-19)14-6-17-7-15(14)16(21)20-9-11-3-2-4-12(11)10-20;/h5,8,11-12,14-15,17H,2-4,6-7,9-10H2,1H3;1H/t11?,12?,14-,15+;/m1./s1. The highest BCUT2D eigenvalue weighted by Gasteiger charge is 2.43. The van der Waals surface area contributed by atoms with Crippen molar-refractivity contribution in [3.8, 4) is 0 Å². The third-order valence-electron chi connectivity index (χ3n) is 5.72. The Morgan fingerprint density at radius 1 is 1.27 bits per heavy atom. The smallest absolute Gasteiger partial charge is 0.227 e. The van der Waals surface area contributed by atoms with Crippen molar-refractivity contribution in [2.45, 2.75) is 25.2 Å². The van der Waals surface area contributed by atoms with Crippen molar-refractivity contribution >= 4 is 18.3 Å². The van der Waals surface area contributed by atoms with E-state index in [9.17, 15) is 4.79 Å². The Labute approximate surface area is 137 Å². The second kappa shape index (κ2) is 6.20. The highest BCUT2D eigenvalue weighted by atomic mass is 35.5. The van der Waals surface area contributed by atoms with Gasteiger partial charge in [0, 0.05) is 45.3 Å². The van der Waals surface area contributed by atoms with Crippen molar-refractivity contribution in [2.75, 3.05) is 26.2 Å². The molecule has 4 rings (SSSR count). The average Bonchev–Trinajstić information content (AvgIpc) is 3.20. The van der Waals surface area contributed by atoms with Gasteiger partial charge < -0.3 is 10.2 Å². The maximum Gasteiger partial charge on any atom is 0.227 e. The van der Waals surface area contributed by atoms with Gasteiger partial charge in [-0.15, -0.1) is 12.4 Å². The number of halogens is 1. The van der Waals surface area contributed by atoms with E-state index >= 15 is 0 Å². The number of fused-ring (bicyclic) bond motifs is 1. The molecule has 0 spiro atoms. The summed E-state index contributed by atoms with van der Waals surface area (Å²) >= 11 is 0. The molecule has 0 aromatic carbocycles. The van der Waals surface area contributed by atoms with E-state index in [1.807, 2.05) is 17.9 Å². The van der Waals surface area contributed by atoms with Crippen molar-refractivity contribution in [2.24, 2.45) is 24.8 Å². The van der Waals surface area contributed by atoms with Crippen LogP contribution in [0.15, 0.2) is 12.4 Å². The van der Waals surface area contributed by atoms with E-state index in [2.05, 4.69) is 21.5 Å². The number of amides is 1. The highest BCUT2D eigenvalue weighted by molar-refractivity contribution is 5.85. The Balaban J connectivity index is 0.00000144. The number of rotatable bonds is 2. The Bertz CT molecular complexity index is 534. The monoisotopic (exact) mass is 324 g/mol. The van der Waals surface area contributed by atoms with Crippen LogP contribution < -0.4 is 5.32 Å². The number of hydrogen-bond acceptors (Lipinski definition) is 3. The van der Waals surface area contributed by atoms with E-state index in [-0.39, 0.29) is 24.2 Å². The van der Waals surface area contributed by atoms with E-state index in [1.54, 1.807) is 0 Å². The first-order valence-corrected chi connectivity index (χ1v) is 8.20. The molecule has 0 radical (unpaired) electrons. The SMILES string of the molecule is Cl.Cn1cc([C@H]2CNC[C@@H]2C(=O)N2CC3CCCC3C2)cn1. The van der Waals surface area contributed by atoms with Crippen LogP contribution in [-0.2, 0) is 11.8 Å². The summed E-state index contributed by atoms with van der Waals surface area (Å²) in [5.41, 5.74) is 1.19. The summed E-state index contributed by atoms with van der Waals surface area (Å²) in [4.78, 5) is 15.1. The van der Waals surface area contributed by atoms with Crippen molar-refractivity contribution < 1.29 is 4.79 Å². The molecular formula is C16H25ClN4O. The molecule has 1 saturated carbocycles. The number of carbonyl (C=O) groups is 1. The fraction of sp³-hybridized carbons (Fsp3) is 0.750. The number of nitrogens with zero attached hydrogens (tertiary/aromatic N) is 3. The fourth-order valence-corrected chi connectivity index (χ4v) is 4.57. The van der Waals surface area contributed by atoms with Gasteiger partial charge in [-0.25, -0.2) is 0 Å². The lowest BCUT2D eigenvalue weighted by Crippen LogP contribution is -2.37. The third-order valence-corrected chi connectivity index (χ3v) is 5.72. The summed E-state index contributed by atoms with van der Waals surface area (Å²) in [6.07, 6.45) is 7.97. The summed E-state index contributed by atoms with van der Waals surface area (Å²) in [6.45, 7) is 3.70. The maximum absolute atomic E-state index is 12.9. The lowest BCUT2D eigenvalue weighted by atomic mass is 9.90. The zero-order valence-corrected chi connectivity index (χ0v) is 13.9. The minimum absolute atomic E-state index is 0. The number of nitrogens with one attached hydrogen (secondary N) is 1. The molecule has 4 atom stereocenters. The molecule has 5 nitrogen and oxygen atoms in total. The quantitative estimate of drug-likeness (QED) is 0.894. The van der Waals surface area contributed by atoms with Crippen molar-refractivity contribution in [3.05, 3.63) is 18.0 Å². The Morgan fingerprint density at radius 3 is 2.64 bits per heavy atom. The first-order chi connectivity index (χ1) is 10.2. The predicted molar refractivity (Wildman–Crippen MR) is 87.0 cm³/mol. The van der Waals surface area contributed by atoms with E-state index in [1.165, 1.54) is 24.8 Å². The summed E-state index contributed by atoms with van der Waals surface area (Å²) in [7, 11) is 1.93. The molecule has 1 aromatic rings. The van der Waals surface area contributed by atoms with Gasteiger partial charge in [0.1, 0.15) is 0 Å². The van der Waals surface area contributed by atoms with Gasteiger partial charge in [-0.2, -0.15) is 5.10 Å². The molecule has 1 N–H and O–H groups in total. The minimum Gasteiger partial charge on any atom is -0.342 e. The average molecular weight is 325 g/mol. The molecule has 122 valence electrons. The van der Waals surface area contributed by atoms with Crippen LogP contribution in [0.4, 0.5) is 0 Å². The molecule has 1 aliphatic carbocycles. The predicted octanol–water partition coefficient (Wildman–Crippen LogP) is 1.40. The van der Waals surface area contributed by atoms with Crippen LogP contribution in [0.1, 0.15) is 30.7 Å². The van der Waals surface area contributed by atoms with Crippen LogP contribution in [0.3, 0.4) is 0 Å². The van der Waals surface area contributed by atoms with E-state index in [0.717, 1.165) is 38.0 Å². The normalized spacial score (nSPS) is 33.8. The molecule has 2 saturated heterocycles. The van der Waals surface area contributed by atoms with Crippen LogP contribution in [0, 0.1) is 17.8 Å². The second-order valence-electron chi connectivity index (χ2n) is 7.01. The molecule has 1 aromatic heterocycles. The zero-order valence-electron chi connectivity index (χ0n) is 13.1. The van der Waals surface area contributed by atoms with Crippen LogP contribution in [-0.4, -0.2) is 46.8 Å². The fourth-order valence-electron chi connectivity index (χ4n) is 4.57. The van der Waals surface area contributed by atoms with Crippen molar-refractivity contribution in [1.82, 2.24) is 20.0 Å². The highest BCUT2D eigenvalue weighted by Crippen LogP contribution is 2.39. The summed E-state index contributed by atoms with van der Waals surface area (Å²) in [5, 5.41) is 7.66. The van der Waals surface area contributed by atoms with Crippen molar-refractivity contribution in [1.29, 1.82) is 0 Å². The first kappa shape index (κ1) is 15.8. The van der Waals surface area contributed by atoms with Crippen LogP contribution in [0.2, 0.25) is 0 Å². The number of hydrogen-bond donors (Lipinski definition) is 1. The van der Waals surface area contributed by atoms with Crippen molar-refractivity contribution in [3.63, 3.8) is 0 Å². The van der Waals surface area contributed by atoms with Gasteiger partial charge in [0.25, 0.3) is 0 Å². The molecule has 1 amide bonds. The minimum atomic E-state index is 0. The number of aryl methyl sites for hydroxylation is 1. The topological polar surface area (TPSA) is 50.2 Å². The van der Waals surface area contributed by atoms with Gasteiger partial charge >= 0.3 is 0 Å². The molecule has 2 unspecified atom stereocenters. The molecule has 3 aliphatic rings. The molecule has 0 bridgehead atoms. The van der Waals surface area contributed by atoms with E-state index < -0.39 is 0 Å². The number of carbonyl (C=O) groups excluding carboxylic acids is 1. The van der Waals surface area contributed by atoms with Gasteiger partial charge in [0.2, 0.25) is 5.91 Å². The maximum atomic E-state index is 12.9. The van der Waals surface area contributed by atoms with Gasteiger partial charge in [-0.05, 0) is 30.2 Å². The van der Waals surface area contributed by atoms with E-state index in [4.69, 9.17) is 0 Å². The van der Waals surface area contributed by atoms with Crippen LogP contribution in [0.25, 0.3) is 0 Å². The number of likely N-dealkylation sites (tertiary alicyclic amines) is 1. The molecule has 3 heterocycles. The second-order valence-corrected chi connectivity index (χ2v) is 7.01. The molecule has 2 aliphatic heterocycles. The van der Waals surface area contributed by atoms with Gasteiger partial charge in [0.05, 0.1) is 12.1 Å². The summed E-state index contributed by atoms with van der Waals surface area (Å²) in [6, 6.07) is 0. The molecule has 3 fully saturated rings. The Morgan fingerprint density at radius 2 is 2.00 bits per heavy atom. The Kier molecular flexibility index (Phi) is 4.46. The first-order valence-electron chi connectivity index (χ1n) is 8.20. The third kappa shape index (κ3) is 2.65. The van der Waals surface area contributed by atoms with E-state index in [0.29, 0.717) is 5.91 Å². The molecule has 6 heteroatoms. The van der Waals surface area contributed by atoms with Crippen LogP contribution in [0.5, 0.6) is 0 Å². The van der Waals surface area contributed by atoms with Crippen LogP contribution >= 0.6 is 12.4 Å². The lowest BCUT2D eigenvalue weighted by molar-refractivity contribution is -0.134. The zero-order chi connectivity index (χ0) is 14.4. The lowest BCUT2D eigenvalue weighted by Gasteiger charge is -2.24. The molecule has 22 heavy (non-hydrogen) atoms. The summed E-state index contributed by atoms with van der Waals surface area (Å²) < 4.78 is 1.83. The Hall–Kier alpha value is -1.07.